The van der Waals surface area contributed by atoms with Crippen LogP contribution in [-0.4, -0.2) is 58.8 Å². The number of carbonyl (C=O) groups is 1. The van der Waals surface area contributed by atoms with E-state index in [4.69, 9.17) is 0 Å². The molecule has 8 heteroatoms. The smallest absolute Gasteiger partial charge is 0.341 e. The van der Waals surface area contributed by atoms with Crippen molar-refractivity contribution in [2.24, 2.45) is 0 Å². The van der Waals surface area contributed by atoms with Gasteiger partial charge >= 0.3 is 5.97 Å². The van der Waals surface area contributed by atoms with Gasteiger partial charge in [-0.2, -0.15) is 0 Å². The van der Waals surface area contributed by atoms with Gasteiger partial charge in [0.25, 0.3) is 0 Å². The number of aromatic carboxylic acids is 1. The van der Waals surface area contributed by atoms with E-state index in [1.165, 1.54) is 6.20 Å². The number of pyridine rings is 2. The fourth-order valence-corrected chi connectivity index (χ4v) is 3.83. The lowest BCUT2D eigenvalue weighted by Gasteiger charge is -2.43. The molecule has 7 nitrogen and oxygen atoms in total. The highest BCUT2D eigenvalue weighted by Crippen LogP contribution is 2.26. The summed E-state index contributed by atoms with van der Waals surface area (Å²) in [5.74, 6) is -0.362. The highest BCUT2D eigenvalue weighted by atomic mass is 79.9. The lowest BCUT2D eigenvalue weighted by atomic mass is 10.1. The topological polar surface area (TPSA) is 78.7 Å². The molecule has 1 N–H and O–H groups in total. The third-order valence-electron chi connectivity index (χ3n) is 5.44. The van der Waals surface area contributed by atoms with Crippen molar-refractivity contribution in [1.29, 1.82) is 0 Å². The molecule has 0 bridgehead atoms. The van der Waals surface area contributed by atoms with Gasteiger partial charge in [0.05, 0.1) is 17.4 Å². The maximum Gasteiger partial charge on any atom is 0.341 e. The van der Waals surface area contributed by atoms with Crippen molar-refractivity contribution < 1.29 is 9.90 Å². The van der Waals surface area contributed by atoms with Crippen molar-refractivity contribution in [2.75, 3.05) is 32.1 Å². The van der Waals surface area contributed by atoms with Gasteiger partial charge in [0.1, 0.15) is 11.4 Å². The number of aromatic nitrogens is 2. The molecule has 3 aromatic rings. The van der Waals surface area contributed by atoms with Crippen molar-refractivity contribution in [3.05, 3.63) is 62.5 Å². The van der Waals surface area contributed by atoms with Gasteiger partial charge in [0.2, 0.25) is 5.43 Å². The molecule has 3 heterocycles. The highest BCUT2D eigenvalue weighted by Gasteiger charge is 2.29. The molecule has 1 saturated heterocycles. The van der Waals surface area contributed by atoms with Crippen LogP contribution < -0.4 is 10.3 Å². The third kappa shape index (κ3) is 3.42. The Balaban J connectivity index is 1.79. The van der Waals surface area contributed by atoms with Crippen molar-refractivity contribution in [3.8, 4) is 5.69 Å². The molecular formula is C21H21BrN4O3. The molecule has 0 unspecified atom stereocenters. The summed E-state index contributed by atoms with van der Waals surface area (Å²) in [5.41, 5.74) is 1.44. The van der Waals surface area contributed by atoms with E-state index in [1.54, 1.807) is 16.8 Å². The van der Waals surface area contributed by atoms with E-state index in [9.17, 15) is 14.7 Å². The van der Waals surface area contributed by atoms with Crippen LogP contribution in [0.15, 0.2) is 45.9 Å². The Morgan fingerprint density at radius 3 is 2.59 bits per heavy atom. The van der Waals surface area contributed by atoms with Gasteiger partial charge in [0.15, 0.2) is 0 Å². The summed E-state index contributed by atoms with van der Waals surface area (Å²) in [6.07, 6.45) is 3.08. The van der Waals surface area contributed by atoms with Crippen LogP contribution in [0, 0.1) is 6.92 Å². The van der Waals surface area contributed by atoms with E-state index in [0.717, 1.165) is 28.9 Å². The highest BCUT2D eigenvalue weighted by molar-refractivity contribution is 9.10. The quantitative estimate of drug-likeness (QED) is 0.649. The van der Waals surface area contributed by atoms with Gasteiger partial charge in [0, 0.05) is 35.2 Å². The molecule has 0 aliphatic carbocycles. The first-order valence-corrected chi connectivity index (χ1v) is 10.0. The molecule has 1 fully saturated rings. The number of likely N-dealkylation sites (N-methyl/N-ethyl adjacent to an activating group) is 1. The molecule has 29 heavy (non-hydrogen) atoms. The fraction of sp³-hybridized carbons (Fsp3) is 0.286. The molecule has 1 aromatic carbocycles. The van der Waals surface area contributed by atoms with Gasteiger partial charge in [-0.25, -0.2) is 9.78 Å². The number of rotatable bonds is 4. The van der Waals surface area contributed by atoms with Gasteiger partial charge in [-0.3, -0.25) is 4.79 Å². The largest absolute Gasteiger partial charge is 0.477 e. The predicted octanol–water partition coefficient (Wildman–Crippen LogP) is 2.91. The summed E-state index contributed by atoms with van der Waals surface area (Å²) in [5, 5.41) is 9.86. The molecule has 0 saturated carbocycles. The second kappa shape index (κ2) is 7.27. The monoisotopic (exact) mass is 456 g/mol. The van der Waals surface area contributed by atoms with Crippen LogP contribution in [0.25, 0.3) is 16.6 Å². The number of halogens is 1. The second-order valence-corrected chi connectivity index (χ2v) is 8.42. The Morgan fingerprint density at radius 1 is 1.28 bits per heavy atom. The first kappa shape index (κ1) is 19.6. The summed E-state index contributed by atoms with van der Waals surface area (Å²) >= 11 is 3.50. The van der Waals surface area contributed by atoms with Crippen molar-refractivity contribution in [1.82, 2.24) is 14.5 Å². The third-order valence-corrected chi connectivity index (χ3v) is 6.30. The molecule has 0 spiro atoms. The molecule has 0 amide bonds. The lowest BCUT2D eigenvalue weighted by molar-refractivity contribution is 0.0695. The maximum atomic E-state index is 12.7. The molecule has 1 aliphatic heterocycles. The Morgan fingerprint density at radius 2 is 2.00 bits per heavy atom. The van der Waals surface area contributed by atoms with E-state index in [1.807, 2.05) is 25.1 Å². The molecule has 0 atom stereocenters. The number of nitrogens with zero attached hydrogens (tertiary/aromatic N) is 4. The minimum atomic E-state index is -1.24. The predicted molar refractivity (Wildman–Crippen MR) is 116 cm³/mol. The number of carboxylic acids is 1. The molecule has 2 aromatic heterocycles. The normalized spacial score (nSPS) is 14.4. The average molecular weight is 457 g/mol. The van der Waals surface area contributed by atoms with E-state index < -0.39 is 11.4 Å². The zero-order valence-corrected chi connectivity index (χ0v) is 18.0. The maximum absolute atomic E-state index is 12.7. The lowest BCUT2D eigenvalue weighted by Crippen LogP contribution is -2.57. The summed E-state index contributed by atoms with van der Waals surface area (Å²) in [6, 6.07) is 7.90. The van der Waals surface area contributed by atoms with E-state index in [2.05, 4.69) is 44.8 Å². The van der Waals surface area contributed by atoms with Crippen LogP contribution in [0.3, 0.4) is 0 Å². The van der Waals surface area contributed by atoms with Crippen LogP contribution in [0.5, 0.6) is 0 Å². The Hall–Kier alpha value is -2.71. The number of aryl methyl sites for hydroxylation is 1. The van der Waals surface area contributed by atoms with Crippen molar-refractivity contribution >= 4 is 38.6 Å². The molecule has 150 valence electrons. The average Bonchev–Trinajstić information content (AvgIpc) is 2.63. The van der Waals surface area contributed by atoms with Crippen LogP contribution in [0.2, 0.25) is 0 Å². The summed E-state index contributed by atoms with van der Waals surface area (Å²) < 4.78 is 2.56. The number of benzene rings is 1. The van der Waals surface area contributed by atoms with Crippen molar-refractivity contribution in [2.45, 2.75) is 13.0 Å². The first-order valence-electron chi connectivity index (χ1n) is 9.23. The van der Waals surface area contributed by atoms with E-state index >= 15 is 0 Å². The Bertz CT molecular complexity index is 1170. The van der Waals surface area contributed by atoms with Crippen LogP contribution in [-0.2, 0) is 0 Å². The van der Waals surface area contributed by atoms with E-state index in [0.29, 0.717) is 22.6 Å². The summed E-state index contributed by atoms with van der Waals surface area (Å²) in [4.78, 5) is 33.2. The number of hydrogen-bond acceptors (Lipinski definition) is 5. The van der Waals surface area contributed by atoms with Gasteiger partial charge in [-0.15, -0.1) is 0 Å². The zero-order valence-electron chi connectivity index (χ0n) is 16.4. The fourth-order valence-electron chi connectivity index (χ4n) is 3.50. The molecular weight excluding hydrogens is 436 g/mol. The van der Waals surface area contributed by atoms with Crippen molar-refractivity contribution in [3.63, 3.8) is 0 Å². The zero-order chi connectivity index (χ0) is 20.9. The van der Waals surface area contributed by atoms with Gasteiger partial charge in [-0.05, 0) is 50.8 Å². The Kier molecular flexibility index (Phi) is 4.92. The molecule has 1 aliphatic rings. The number of hydrogen-bond donors (Lipinski definition) is 1. The summed E-state index contributed by atoms with van der Waals surface area (Å²) in [6.45, 7) is 3.72. The van der Waals surface area contributed by atoms with Crippen LogP contribution >= 0.6 is 15.9 Å². The van der Waals surface area contributed by atoms with Crippen LogP contribution in [0.4, 0.5) is 5.82 Å². The summed E-state index contributed by atoms with van der Waals surface area (Å²) in [7, 11) is 4.14. The molecule has 0 radical (unpaired) electrons. The minimum Gasteiger partial charge on any atom is -0.477 e. The SMILES string of the molecule is Cc1cc2c(=O)c(C(=O)O)cn(-c3ccc(N4CC(N(C)C)C4)nc3)c2cc1Br. The Labute approximate surface area is 176 Å². The standard InChI is InChI=1S/C21H21BrN4O3/c1-12-6-15-18(7-17(12)22)26(11-16(20(15)27)21(28)29)13-4-5-19(23-8-13)25-9-14(10-25)24(2)3/h4-8,11,14H,9-10H2,1-3H3,(H,28,29). The second-order valence-electron chi connectivity index (χ2n) is 7.56. The number of fused-ring (bicyclic) bond motifs is 1. The molecule has 4 rings (SSSR count). The van der Waals surface area contributed by atoms with Gasteiger partial charge < -0.3 is 19.5 Å². The van der Waals surface area contributed by atoms with Crippen LogP contribution in [0.1, 0.15) is 15.9 Å². The first-order chi connectivity index (χ1) is 13.8. The number of carboxylic acid groups (broad SMARTS) is 1. The number of anilines is 1. The minimum absolute atomic E-state index is 0.264. The van der Waals surface area contributed by atoms with E-state index in [-0.39, 0.29) is 5.56 Å². The van der Waals surface area contributed by atoms with Gasteiger partial charge in [-0.1, -0.05) is 15.9 Å².